The first kappa shape index (κ1) is 23.0. The second-order valence-corrected chi connectivity index (χ2v) is 9.74. The molecule has 0 spiro atoms. The summed E-state index contributed by atoms with van der Waals surface area (Å²) in [5, 5.41) is 3.40. The molecular formula is C22H29N7O3S. The molecule has 11 heteroatoms. The summed E-state index contributed by atoms with van der Waals surface area (Å²) in [5.74, 6) is 2.73. The van der Waals surface area contributed by atoms with Gasteiger partial charge in [0.25, 0.3) is 10.0 Å². The van der Waals surface area contributed by atoms with Gasteiger partial charge < -0.3 is 19.5 Å². The molecule has 0 aliphatic carbocycles. The van der Waals surface area contributed by atoms with E-state index in [0.717, 1.165) is 17.1 Å². The van der Waals surface area contributed by atoms with E-state index in [2.05, 4.69) is 20.3 Å². The van der Waals surface area contributed by atoms with E-state index in [-0.39, 0.29) is 5.03 Å². The fourth-order valence-corrected chi connectivity index (χ4v) is 5.18. The highest BCUT2D eigenvalue weighted by molar-refractivity contribution is 7.89. The van der Waals surface area contributed by atoms with E-state index in [1.807, 2.05) is 60.6 Å². The number of imidazole rings is 1. The number of anilines is 3. The molecule has 1 aromatic carbocycles. The van der Waals surface area contributed by atoms with Crippen molar-refractivity contribution in [2.24, 2.45) is 0 Å². The molecule has 176 valence electrons. The highest BCUT2D eigenvalue weighted by Gasteiger charge is 2.31. The number of ether oxygens (including phenoxy) is 1. The summed E-state index contributed by atoms with van der Waals surface area (Å²) in [6.07, 6.45) is 1.61. The number of piperazine rings is 1. The fourth-order valence-electron chi connectivity index (χ4n) is 3.76. The summed E-state index contributed by atoms with van der Waals surface area (Å²) >= 11 is 0. The molecule has 0 atom stereocenters. The molecule has 1 fully saturated rings. The number of hydrogen-bond donors (Lipinski definition) is 1. The van der Waals surface area contributed by atoms with Crippen molar-refractivity contribution in [2.75, 3.05) is 43.5 Å². The molecule has 3 heterocycles. The average molecular weight is 472 g/mol. The second-order valence-electron chi connectivity index (χ2n) is 7.85. The van der Waals surface area contributed by atoms with Crippen LogP contribution in [0.3, 0.4) is 0 Å². The van der Waals surface area contributed by atoms with Crippen molar-refractivity contribution in [3.05, 3.63) is 48.0 Å². The van der Waals surface area contributed by atoms with Crippen LogP contribution in [0, 0.1) is 13.8 Å². The molecule has 1 N–H and O–H groups in total. The Labute approximate surface area is 194 Å². The lowest BCUT2D eigenvalue weighted by molar-refractivity contribution is 0.381. The van der Waals surface area contributed by atoms with Crippen LogP contribution < -0.4 is 15.0 Å². The molecule has 1 aliphatic heterocycles. The molecule has 4 rings (SSSR count). The Balaban J connectivity index is 1.45. The van der Waals surface area contributed by atoms with E-state index in [4.69, 9.17) is 4.74 Å². The molecule has 0 unspecified atom stereocenters. The van der Waals surface area contributed by atoms with Crippen LogP contribution in [0.2, 0.25) is 0 Å². The zero-order valence-electron chi connectivity index (χ0n) is 19.3. The van der Waals surface area contributed by atoms with Crippen molar-refractivity contribution in [2.45, 2.75) is 32.3 Å². The SMILES string of the molecule is CCn1cc(S(=O)(=O)N2CCN(c3nc(C)cc(Nc4ccc(OC)cc4)n3)CC2)nc1C. The maximum Gasteiger partial charge on any atom is 0.262 e. The van der Waals surface area contributed by atoms with E-state index < -0.39 is 10.0 Å². The monoisotopic (exact) mass is 471 g/mol. The van der Waals surface area contributed by atoms with Crippen molar-refractivity contribution in [1.29, 1.82) is 0 Å². The largest absolute Gasteiger partial charge is 0.497 e. The van der Waals surface area contributed by atoms with Gasteiger partial charge in [0, 0.05) is 56.4 Å². The number of hydrogen-bond acceptors (Lipinski definition) is 8. The number of nitrogens with zero attached hydrogens (tertiary/aromatic N) is 6. The van der Waals surface area contributed by atoms with Crippen molar-refractivity contribution in [3.63, 3.8) is 0 Å². The summed E-state index contributed by atoms with van der Waals surface area (Å²) < 4.78 is 34.6. The van der Waals surface area contributed by atoms with Crippen molar-refractivity contribution in [3.8, 4) is 5.75 Å². The van der Waals surface area contributed by atoms with Crippen LogP contribution in [0.25, 0.3) is 0 Å². The predicted molar refractivity (Wildman–Crippen MR) is 127 cm³/mol. The van der Waals surface area contributed by atoms with E-state index in [9.17, 15) is 8.42 Å². The minimum atomic E-state index is -3.63. The van der Waals surface area contributed by atoms with Gasteiger partial charge in [0.05, 0.1) is 7.11 Å². The first-order valence-electron chi connectivity index (χ1n) is 10.9. The summed E-state index contributed by atoms with van der Waals surface area (Å²) in [7, 11) is -2.00. The van der Waals surface area contributed by atoms with Gasteiger partial charge in [-0.05, 0) is 45.0 Å². The van der Waals surface area contributed by atoms with Crippen LogP contribution in [-0.2, 0) is 16.6 Å². The fraction of sp³-hybridized carbons (Fsp3) is 0.409. The van der Waals surface area contributed by atoms with Gasteiger partial charge in [-0.15, -0.1) is 0 Å². The van der Waals surface area contributed by atoms with Crippen molar-refractivity contribution < 1.29 is 13.2 Å². The molecular weight excluding hydrogens is 442 g/mol. The number of methoxy groups -OCH3 is 1. The van der Waals surface area contributed by atoms with Gasteiger partial charge in [0.15, 0.2) is 5.03 Å². The van der Waals surface area contributed by atoms with Gasteiger partial charge >= 0.3 is 0 Å². The van der Waals surface area contributed by atoms with Gasteiger partial charge in [-0.2, -0.15) is 9.29 Å². The zero-order valence-corrected chi connectivity index (χ0v) is 20.1. The Morgan fingerprint density at radius 1 is 1.03 bits per heavy atom. The molecule has 0 radical (unpaired) electrons. The van der Waals surface area contributed by atoms with E-state index in [0.29, 0.717) is 50.3 Å². The third-order valence-corrected chi connectivity index (χ3v) is 7.40. The lowest BCUT2D eigenvalue weighted by Crippen LogP contribution is -2.49. The number of sulfonamides is 1. The Hall–Kier alpha value is -3.18. The average Bonchev–Trinajstić information content (AvgIpc) is 3.21. The molecule has 0 bridgehead atoms. The van der Waals surface area contributed by atoms with Gasteiger partial charge in [0.2, 0.25) is 5.95 Å². The van der Waals surface area contributed by atoms with Crippen LogP contribution in [0.15, 0.2) is 41.6 Å². The first-order chi connectivity index (χ1) is 15.8. The number of nitrogens with one attached hydrogen (secondary N) is 1. The molecule has 2 aromatic heterocycles. The lowest BCUT2D eigenvalue weighted by Gasteiger charge is -2.33. The normalized spacial score (nSPS) is 15.0. The molecule has 33 heavy (non-hydrogen) atoms. The summed E-state index contributed by atoms with van der Waals surface area (Å²) in [5.41, 5.74) is 1.71. The van der Waals surface area contributed by atoms with E-state index in [1.165, 1.54) is 4.31 Å². The lowest BCUT2D eigenvalue weighted by atomic mass is 10.3. The molecule has 0 saturated carbocycles. The molecule has 1 saturated heterocycles. The molecule has 10 nitrogen and oxygen atoms in total. The number of aryl methyl sites for hydroxylation is 3. The second kappa shape index (κ2) is 9.36. The van der Waals surface area contributed by atoms with Gasteiger partial charge in [0.1, 0.15) is 17.4 Å². The molecule has 3 aromatic rings. The minimum absolute atomic E-state index is 0.105. The van der Waals surface area contributed by atoms with Crippen LogP contribution in [-0.4, -0.2) is 65.5 Å². The Bertz CT molecular complexity index is 1220. The Morgan fingerprint density at radius 3 is 2.33 bits per heavy atom. The maximum atomic E-state index is 13.1. The number of rotatable bonds is 7. The zero-order chi connectivity index (χ0) is 23.6. The third-order valence-electron chi connectivity index (χ3n) is 5.63. The topological polar surface area (TPSA) is 105 Å². The third kappa shape index (κ3) is 4.93. The highest BCUT2D eigenvalue weighted by atomic mass is 32.2. The Morgan fingerprint density at radius 2 is 1.73 bits per heavy atom. The van der Waals surface area contributed by atoms with Crippen LogP contribution in [0.4, 0.5) is 17.5 Å². The van der Waals surface area contributed by atoms with Crippen LogP contribution in [0.1, 0.15) is 18.4 Å². The summed E-state index contributed by atoms with van der Waals surface area (Å²) in [6.45, 7) is 8.06. The quantitative estimate of drug-likeness (QED) is 0.561. The van der Waals surface area contributed by atoms with Crippen LogP contribution in [0.5, 0.6) is 5.75 Å². The van der Waals surface area contributed by atoms with E-state index >= 15 is 0 Å². The van der Waals surface area contributed by atoms with Crippen molar-refractivity contribution >= 4 is 27.5 Å². The van der Waals surface area contributed by atoms with Gasteiger partial charge in [-0.3, -0.25) is 0 Å². The van der Waals surface area contributed by atoms with Crippen molar-refractivity contribution in [1.82, 2.24) is 23.8 Å². The van der Waals surface area contributed by atoms with Gasteiger partial charge in [-0.1, -0.05) is 0 Å². The molecule has 1 aliphatic rings. The highest BCUT2D eigenvalue weighted by Crippen LogP contribution is 2.23. The first-order valence-corrected chi connectivity index (χ1v) is 12.3. The van der Waals surface area contributed by atoms with Gasteiger partial charge in [-0.25, -0.2) is 18.4 Å². The van der Waals surface area contributed by atoms with E-state index in [1.54, 1.807) is 13.3 Å². The Kier molecular flexibility index (Phi) is 6.52. The van der Waals surface area contributed by atoms with Crippen LogP contribution >= 0.6 is 0 Å². The number of aromatic nitrogens is 4. The smallest absolute Gasteiger partial charge is 0.262 e. The maximum absolute atomic E-state index is 13.1. The summed E-state index contributed by atoms with van der Waals surface area (Å²) in [4.78, 5) is 15.5. The number of benzene rings is 1. The standard InChI is InChI=1S/C22H29N7O3S/c1-5-27-15-21(24-17(27)3)33(30,31)29-12-10-28(11-13-29)22-23-16(2)14-20(26-22)25-18-6-8-19(32-4)9-7-18/h6-9,14-15H,5,10-13H2,1-4H3,(H,23,25,26). The minimum Gasteiger partial charge on any atom is -0.497 e. The predicted octanol–water partition coefficient (Wildman–Crippen LogP) is 2.57. The molecule has 0 amide bonds. The summed E-state index contributed by atoms with van der Waals surface area (Å²) in [6, 6.07) is 9.47.